The van der Waals surface area contributed by atoms with Crippen molar-refractivity contribution < 1.29 is 23.1 Å². The molecule has 7 heteroatoms. The predicted molar refractivity (Wildman–Crippen MR) is 104 cm³/mol. The van der Waals surface area contributed by atoms with Gasteiger partial charge in [-0.25, -0.2) is 4.79 Å². The molecule has 1 heterocycles. The topological polar surface area (TPSA) is 86.0 Å². The van der Waals surface area contributed by atoms with Crippen molar-refractivity contribution in [2.24, 2.45) is 0 Å². The molecule has 1 N–H and O–H groups in total. The number of rotatable bonds is 7. The lowest BCUT2D eigenvalue weighted by Crippen LogP contribution is -2.04. The lowest BCUT2D eigenvalue weighted by molar-refractivity contribution is 0.219. The number of fused-ring (bicyclic) bond motifs is 1. The fourth-order valence-electron chi connectivity index (χ4n) is 2.97. The molecule has 0 aliphatic heterocycles. The van der Waals surface area contributed by atoms with Gasteiger partial charge < -0.3 is 18.6 Å². The van der Waals surface area contributed by atoms with Crippen molar-refractivity contribution >= 4 is 18.6 Å². The van der Waals surface area contributed by atoms with Gasteiger partial charge in [0.25, 0.3) is 0 Å². The molecule has 0 atom stereocenters. The van der Waals surface area contributed by atoms with Crippen molar-refractivity contribution in [2.45, 2.75) is 20.0 Å². The number of hydrogen-bond acceptors (Lipinski definition) is 6. The minimum Gasteiger partial charge on any atom is -0.507 e. The van der Waals surface area contributed by atoms with E-state index in [-0.39, 0.29) is 25.1 Å². The Morgan fingerprint density at radius 2 is 1.70 bits per heavy atom. The molecule has 0 aliphatic rings. The molecule has 0 fully saturated rings. The van der Waals surface area contributed by atoms with Crippen molar-refractivity contribution in [1.29, 1.82) is 0 Å². The summed E-state index contributed by atoms with van der Waals surface area (Å²) >= 11 is 0. The zero-order chi connectivity index (χ0) is 19.4. The maximum absolute atomic E-state index is 12.9. The van der Waals surface area contributed by atoms with Gasteiger partial charge in [-0.3, -0.25) is 4.57 Å². The third-order valence-electron chi connectivity index (χ3n) is 4.05. The molecule has 6 nitrogen and oxygen atoms in total. The molecule has 0 spiro atoms. The first-order valence-electron chi connectivity index (χ1n) is 8.69. The zero-order valence-electron chi connectivity index (χ0n) is 15.2. The van der Waals surface area contributed by atoms with Crippen LogP contribution in [0.4, 0.5) is 0 Å². The van der Waals surface area contributed by atoms with Gasteiger partial charge in [0.1, 0.15) is 11.3 Å². The van der Waals surface area contributed by atoms with Crippen LogP contribution >= 0.6 is 7.60 Å². The summed E-state index contributed by atoms with van der Waals surface area (Å²) < 4.78 is 28.8. The first-order valence-corrected chi connectivity index (χ1v) is 10.4. The Hall–Kier alpha value is -2.40. The maximum Gasteiger partial charge on any atom is 0.336 e. The van der Waals surface area contributed by atoms with Crippen LogP contribution in [0.3, 0.4) is 0 Å². The Kier molecular flexibility index (Phi) is 5.80. The molecule has 3 rings (SSSR count). The van der Waals surface area contributed by atoms with E-state index in [9.17, 15) is 14.5 Å². The van der Waals surface area contributed by atoms with E-state index in [1.54, 1.807) is 19.9 Å². The molecule has 1 aromatic heterocycles. The third-order valence-corrected chi connectivity index (χ3v) is 6.08. The van der Waals surface area contributed by atoms with E-state index in [1.165, 1.54) is 12.1 Å². The van der Waals surface area contributed by atoms with Crippen LogP contribution in [0.15, 0.2) is 57.7 Å². The monoisotopic (exact) mass is 388 g/mol. The molecular weight excluding hydrogens is 367 g/mol. The molecule has 3 aromatic rings. The van der Waals surface area contributed by atoms with E-state index in [0.717, 1.165) is 5.56 Å². The van der Waals surface area contributed by atoms with Crippen molar-refractivity contribution in [3.05, 3.63) is 64.5 Å². The van der Waals surface area contributed by atoms with Crippen LogP contribution in [-0.4, -0.2) is 18.3 Å². The average Bonchev–Trinajstić information content (AvgIpc) is 2.63. The molecule has 142 valence electrons. The van der Waals surface area contributed by atoms with Crippen LogP contribution in [0.1, 0.15) is 19.4 Å². The van der Waals surface area contributed by atoms with Crippen LogP contribution in [0.2, 0.25) is 0 Å². The lowest BCUT2D eigenvalue weighted by atomic mass is 10.0. The smallest absolute Gasteiger partial charge is 0.336 e. The molecule has 0 bridgehead atoms. The number of phenolic OH excluding ortho intramolecular Hbond substituents is 1. The number of aromatic hydroxyl groups is 1. The zero-order valence-corrected chi connectivity index (χ0v) is 16.1. The average molecular weight is 388 g/mol. The standard InChI is InChI=1S/C20H21O6P/c1-3-24-27(23,25-4-2)13-15-10-20(22)26-19-12-16(18(21)11-17(15)19)14-8-6-5-7-9-14/h5-12,21H,3-4,13H2,1-2H3. The number of benzene rings is 2. The van der Waals surface area contributed by atoms with Gasteiger partial charge in [-0.1, -0.05) is 30.3 Å². The van der Waals surface area contributed by atoms with Gasteiger partial charge >= 0.3 is 13.2 Å². The van der Waals surface area contributed by atoms with Crippen molar-refractivity contribution in [1.82, 2.24) is 0 Å². The summed E-state index contributed by atoms with van der Waals surface area (Å²) in [6.07, 6.45) is -0.0824. The van der Waals surface area contributed by atoms with E-state index in [1.807, 2.05) is 30.3 Å². The van der Waals surface area contributed by atoms with E-state index in [2.05, 4.69) is 0 Å². The SMILES string of the molecule is CCOP(=O)(Cc1cc(=O)oc2cc(-c3ccccc3)c(O)cc12)OCC. The first-order chi connectivity index (χ1) is 13.0. The molecule has 0 amide bonds. The minimum atomic E-state index is -3.41. The Morgan fingerprint density at radius 1 is 1.04 bits per heavy atom. The molecule has 27 heavy (non-hydrogen) atoms. The highest BCUT2D eigenvalue weighted by molar-refractivity contribution is 7.53. The van der Waals surface area contributed by atoms with Gasteiger partial charge in [-0.2, -0.15) is 0 Å². The van der Waals surface area contributed by atoms with Gasteiger partial charge in [0, 0.05) is 17.0 Å². The van der Waals surface area contributed by atoms with Crippen LogP contribution in [0.5, 0.6) is 5.75 Å². The van der Waals surface area contributed by atoms with Gasteiger partial charge in [0.2, 0.25) is 0 Å². The van der Waals surface area contributed by atoms with Crippen molar-refractivity contribution in [2.75, 3.05) is 13.2 Å². The highest BCUT2D eigenvalue weighted by Crippen LogP contribution is 2.52. The summed E-state index contributed by atoms with van der Waals surface area (Å²) in [6.45, 7) is 3.89. The minimum absolute atomic E-state index is 0.0338. The summed E-state index contributed by atoms with van der Waals surface area (Å²) in [5.41, 5.74) is 1.51. The molecule has 0 aliphatic carbocycles. The summed E-state index contributed by atoms with van der Waals surface area (Å²) in [7, 11) is -3.41. The Balaban J connectivity index is 2.14. The van der Waals surface area contributed by atoms with Crippen molar-refractivity contribution in [3.8, 4) is 16.9 Å². The van der Waals surface area contributed by atoms with Gasteiger partial charge in [0.15, 0.2) is 0 Å². The maximum atomic E-state index is 12.9. The molecular formula is C20H21O6P. The highest BCUT2D eigenvalue weighted by atomic mass is 31.2. The quantitative estimate of drug-likeness (QED) is 0.456. The fourth-order valence-corrected chi connectivity index (χ4v) is 4.69. The van der Waals surface area contributed by atoms with Crippen LogP contribution in [0.25, 0.3) is 22.1 Å². The van der Waals surface area contributed by atoms with Crippen LogP contribution in [0, 0.1) is 0 Å². The van der Waals surface area contributed by atoms with Crippen LogP contribution in [-0.2, 0) is 19.8 Å². The highest BCUT2D eigenvalue weighted by Gasteiger charge is 2.26. The van der Waals surface area contributed by atoms with E-state index in [0.29, 0.717) is 22.1 Å². The third kappa shape index (κ3) is 4.30. The second-order valence-electron chi connectivity index (χ2n) is 5.93. The summed E-state index contributed by atoms with van der Waals surface area (Å²) in [4.78, 5) is 12.0. The van der Waals surface area contributed by atoms with E-state index in [4.69, 9.17) is 13.5 Å². The van der Waals surface area contributed by atoms with Crippen molar-refractivity contribution in [3.63, 3.8) is 0 Å². The molecule has 0 radical (unpaired) electrons. The predicted octanol–water partition coefficient (Wildman–Crippen LogP) is 4.93. The van der Waals surface area contributed by atoms with Gasteiger partial charge in [-0.05, 0) is 37.1 Å². The Morgan fingerprint density at radius 3 is 2.33 bits per heavy atom. The Bertz CT molecular complexity index is 1030. The largest absolute Gasteiger partial charge is 0.507 e. The molecule has 0 unspecified atom stereocenters. The number of hydrogen-bond donors (Lipinski definition) is 1. The van der Waals surface area contributed by atoms with E-state index < -0.39 is 13.2 Å². The summed E-state index contributed by atoms with van der Waals surface area (Å²) in [6, 6.07) is 13.7. The molecule has 2 aromatic carbocycles. The lowest BCUT2D eigenvalue weighted by Gasteiger charge is -2.18. The number of phenols is 1. The first kappa shape index (κ1) is 19.4. The second-order valence-corrected chi connectivity index (χ2v) is 7.98. The second kappa shape index (κ2) is 8.09. The Labute approximate surface area is 156 Å². The van der Waals surface area contributed by atoms with Gasteiger partial charge in [-0.15, -0.1) is 0 Å². The summed E-state index contributed by atoms with van der Waals surface area (Å²) in [5.74, 6) is 0.0338. The summed E-state index contributed by atoms with van der Waals surface area (Å²) in [5, 5.41) is 11.0. The van der Waals surface area contributed by atoms with Crippen LogP contribution < -0.4 is 5.63 Å². The fraction of sp³-hybridized carbons (Fsp3) is 0.250. The molecule has 0 saturated heterocycles. The normalized spacial score (nSPS) is 11.8. The van der Waals surface area contributed by atoms with Gasteiger partial charge in [0.05, 0.1) is 19.4 Å². The molecule has 0 saturated carbocycles. The van der Waals surface area contributed by atoms with E-state index >= 15 is 0 Å².